The molecule has 0 spiro atoms. The molecule has 1 aromatic rings. The van der Waals surface area contributed by atoms with E-state index in [2.05, 4.69) is 21.6 Å². The van der Waals surface area contributed by atoms with Crippen LogP contribution in [-0.4, -0.2) is 26.0 Å². The summed E-state index contributed by atoms with van der Waals surface area (Å²) in [5, 5.41) is 13.4. The van der Waals surface area contributed by atoms with Gasteiger partial charge in [-0.15, -0.1) is 0 Å². The molecule has 0 saturated heterocycles. The van der Waals surface area contributed by atoms with Crippen LogP contribution in [0.1, 0.15) is 57.7 Å². The van der Waals surface area contributed by atoms with Crippen molar-refractivity contribution in [2.24, 2.45) is 0 Å². The maximum atomic E-state index is 11.7. The maximum Gasteiger partial charge on any atom is 0.329 e. The van der Waals surface area contributed by atoms with E-state index in [9.17, 15) is 9.90 Å². The first kappa shape index (κ1) is 14.2. The van der Waals surface area contributed by atoms with Crippen molar-refractivity contribution in [2.45, 2.75) is 63.8 Å². The maximum absolute atomic E-state index is 11.7. The van der Waals surface area contributed by atoms with Crippen molar-refractivity contribution in [1.82, 2.24) is 9.36 Å². The molecule has 0 amide bonds. The third-order valence-corrected chi connectivity index (χ3v) is 4.32. The Kier molecular flexibility index (Phi) is 4.74. The number of nitrogens with one attached hydrogen (secondary N) is 1. The zero-order chi connectivity index (χ0) is 13.7. The van der Waals surface area contributed by atoms with Crippen LogP contribution in [0.5, 0.6) is 0 Å². The molecule has 1 fully saturated rings. The number of aliphatic carboxylic acids is 1. The highest BCUT2D eigenvalue weighted by molar-refractivity contribution is 7.09. The van der Waals surface area contributed by atoms with E-state index in [4.69, 9.17) is 0 Å². The minimum Gasteiger partial charge on any atom is -0.480 e. The van der Waals surface area contributed by atoms with Crippen LogP contribution in [0.4, 0.5) is 5.13 Å². The third-order valence-electron chi connectivity index (χ3n) is 3.65. The Morgan fingerprint density at radius 2 is 2.05 bits per heavy atom. The van der Waals surface area contributed by atoms with E-state index in [1.807, 2.05) is 0 Å². The van der Waals surface area contributed by atoms with E-state index < -0.39 is 11.5 Å². The summed E-state index contributed by atoms with van der Waals surface area (Å²) in [5.74, 6) is 0.0470. The first-order chi connectivity index (χ1) is 9.16. The highest BCUT2D eigenvalue weighted by Gasteiger charge is 2.39. The van der Waals surface area contributed by atoms with Crippen LogP contribution in [0.2, 0.25) is 0 Å². The van der Waals surface area contributed by atoms with Gasteiger partial charge in [0.15, 0.2) is 0 Å². The summed E-state index contributed by atoms with van der Waals surface area (Å²) < 4.78 is 4.26. The molecule has 2 rings (SSSR count). The summed E-state index contributed by atoms with van der Waals surface area (Å²) in [6.45, 7) is 2.08. The Morgan fingerprint density at radius 1 is 1.37 bits per heavy atom. The quantitative estimate of drug-likeness (QED) is 0.812. The van der Waals surface area contributed by atoms with Gasteiger partial charge in [0.25, 0.3) is 0 Å². The number of hydrogen-bond acceptors (Lipinski definition) is 5. The van der Waals surface area contributed by atoms with Crippen LogP contribution in [-0.2, 0) is 11.2 Å². The first-order valence-corrected chi connectivity index (χ1v) is 7.78. The van der Waals surface area contributed by atoms with Gasteiger partial charge >= 0.3 is 5.97 Å². The molecule has 6 heteroatoms. The summed E-state index contributed by atoms with van der Waals surface area (Å²) >= 11 is 1.27. The van der Waals surface area contributed by atoms with Gasteiger partial charge in [-0.3, -0.25) is 0 Å². The zero-order valence-electron chi connectivity index (χ0n) is 11.3. The lowest BCUT2D eigenvalue weighted by Gasteiger charge is -2.28. The number of carboxylic acid groups (broad SMARTS) is 1. The highest BCUT2D eigenvalue weighted by Crippen LogP contribution is 2.31. The minimum absolute atomic E-state index is 0.646. The van der Waals surface area contributed by atoms with E-state index >= 15 is 0 Å². The molecule has 0 radical (unpaired) electrons. The van der Waals surface area contributed by atoms with Gasteiger partial charge in [0, 0.05) is 18.0 Å². The Bertz CT molecular complexity index is 425. The Labute approximate surface area is 117 Å². The monoisotopic (exact) mass is 283 g/mol. The molecular weight excluding hydrogens is 262 g/mol. The Morgan fingerprint density at radius 3 is 2.63 bits per heavy atom. The van der Waals surface area contributed by atoms with Crippen molar-refractivity contribution >= 4 is 22.6 Å². The molecule has 1 aliphatic carbocycles. The van der Waals surface area contributed by atoms with Gasteiger partial charge in [0.05, 0.1) is 0 Å². The van der Waals surface area contributed by atoms with Crippen LogP contribution in [0.3, 0.4) is 0 Å². The number of rotatable bonds is 5. The second kappa shape index (κ2) is 6.32. The normalized spacial score (nSPS) is 18.8. The van der Waals surface area contributed by atoms with Gasteiger partial charge in [-0.2, -0.15) is 4.37 Å². The Hall–Kier alpha value is -1.17. The smallest absolute Gasteiger partial charge is 0.329 e. The first-order valence-electron chi connectivity index (χ1n) is 7.00. The number of aryl methyl sites for hydroxylation is 1. The second-order valence-corrected chi connectivity index (χ2v) is 5.94. The summed E-state index contributed by atoms with van der Waals surface area (Å²) in [5.41, 5.74) is -0.848. The van der Waals surface area contributed by atoms with E-state index in [1.54, 1.807) is 0 Å². The van der Waals surface area contributed by atoms with Gasteiger partial charge < -0.3 is 10.4 Å². The van der Waals surface area contributed by atoms with E-state index in [0.29, 0.717) is 18.0 Å². The van der Waals surface area contributed by atoms with Gasteiger partial charge in [-0.1, -0.05) is 32.6 Å². The fourth-order valence-corrected chi connectivity index (χ4v) is 3.27. The molecule has 0 aromatic carbocycles. The fourth-order valence-electron chi connectivity index (χ4n) is 2.56. The number of carbonyl (C=O) groups is 1. The number of anilines is 1. The molecule has 0 bridgehead atoms. The molecule has 1 saturated carbocycles. The van der Waals surface area contributed by atoms with Crippen LogP contribution in [0.25, 0.3) is 0 Å². The minimum atomic E-state index is -0.848. The predicted molar refractivity (Wildman–Crippen MR) is 75.6 cm³/mol. The molecule has 2 N–H and O–H groups in total. The van der Waals surface area contributed by atoms with E-state index in [-0.39, 0.29) is 0 Å². The zero-order valence-corrected chi connectivity index (χ0v) is 12.1. The van der Waals surface area contributed by atoms with Crippen LogP contribution >= 0.6 is 11.5 Å². The number of aromatic nitrogens is 2. The van der Waals surface area contributed by atoms with Crippen molar-refractivity contribution < 1.29 is 9.90 Å². The molecule has 0 unspecified atom stereocenters. The second-order valence-electron chi connectivity index (χ2n) is 5.19. The highest BCUT2D eigenvalue weighted by atomic mass is 32.1. The van der Waals surface area contributed by atoms with Gasteiger partial charge in [0.2, 0.25) is 5.13 Å². The summed E-state index contributed by atoms with van der Waals surface area (Å²) in [7, 11) is 0. The molecule has 5 nitrogen and oxygen atoms in total. The summed E-state index contributed by atoms with van der Waals surface area (Å²) in [4.78, 5) is 16.0. The fraction of sp³-hybridized carbons (Fsp3) is 0.769. The number of nitrogens with zero attached hydrogens (tertiary/aromatic N) is 2. The SMILES string of the molecule is CCCc1nsc(NC2(C(=O)O)CCCCCC2)n1. The lowest BCUT2D eigenvalue weighted by molar-refractivity contribution is -0.142. The third kappa shape index (κ3) is 3.43. The molecule has 1 aliphatic rings. The van der Waals surface area contributed by atoms with Crippen molar-refractivity contribution in [2.75, 3.05) is 5.32 Å². The van der Waals surface area contributed by atoms with Crippen LogP contribution in [0, 0.1) is 0 Å². The average Bonchev–Trinajstić information content (AvgIpc) is 2.66. The van der Waals surface area contributed by atoms with Crippen LogP contribution < -0.4 is 5.32 Å². The summed E-state index contributed by atoms with van der Waals surface area (Å²) in [6.07, 6.45) is 7.34. The van der Waals surface area contributed by atoms with Crippen molar-refractivity contribution in [3.8, 4) is 0 Å². The van der Waals surface area contributed by atoms with Crippen molar-refractivity contribution in [1.29, 1.82) is 0 Å². The Balaban J connectivity index is 2.12. The molecule has 19 heavy (non-hydrogen) atoms. The van der Waals surface area contributed by atoms with Crippen LogP contribution in [0.15, 0.2) is 0 Å². The average molecular weight is 283 g/mol. The lowest BCUT2D eigenvalue weighted by atomic mass is 9.90. The molecule has 0 aliphatic heterocycles. The van der Waals surface area contributed by atoms with Gasteiger partial charge in [-0.05, 0) is 19.3 Å². The predicted octanol–water partition coefficient (Wildman–Crippen LogP) is 3.08. The molecule has 0 atom stereocenters. The van der Waals surface area contributed by atoms with Crippen molar-refractivity contribution in [3.63, 3.8) is 0 Å². The topological polar surface area (TPSA) is 75.1 Å². The summed E-state index contributed by atoms with van der Waals surface area (Å²) in [6, 6.07) is 0. The number of carboxylic acids is 1. The van der Waals surface area contributed by atoms with Gasteiger partial charge in [0.1, 0.15) is 11.4 Å². The van der Waals surface area contributed by atoms with Gasteiger partial charge in [-0.25, -0.2) is 9.78 Å². The molecule has 1 aromatic heterocycles. The van der Waals surface area contributed by atoms with E-state index in [0.717, 1.165) is 44.3 Å². The number of hydrogen-bond donors (Lipinski definition) is 2. The standard InChI is InChI=1S/C13H21N3O2S/c1-2-7-10-14-12(19-16-10)15-13(11(17)18)8-5-3-4-6-9-13/h2-9H2,1H3,(H,17,18)(H,14,15,16). The molecule has 1 heterocycles. The molecular formula is C13H21N3O2S. The van der Waals surface area contributed by atoms with E-state index in [1.165, 1.54) is 11.5 Å². The lowest BCUT2D eigenvalue weighted by Crippen LogP contribution is -2.46. The van der Waals surface area contributed by atoms with Crippen molar-refractivity contribution in [3.05, 3.63) is 5.82 Å². The molecule has 106 valence electrons. The largest absolute Gasteiger partial charge is 0.480 e.